The summed E-state index contributed by atoms with van der Waals surface area (Å²) in [6.45, 7) is -0.389. The zero-order valence-corrected chi connectivity index (χ0v) is 18.1. The number of nitrogens with one attached hydrogen (secondary N) is 1. The minimum Gasteiger partial charge on any atom is -0.452 e. The highest BCUT2D eigenvalue weighted by Gasteiger charge is 2.23. The standard InChI is InChI=1S/C20H24N2O5S2/c1-22(2)29(25,26)18-10-6-3-7-14(18)11-21-19(23)12-27-20(24)16-13-28-17-9-5-4-8-15(16)17/h3,6-7,10,13H,4-5,8-9,11-12H2,1-2H3,(H,21,23). The summed E-state index contributed by atoms with van der Waals surface area (Å²) in [6, 6.07) is 6.47. The maximum absolute atomic E-state index is 12.4. The fourth-order valence-electron chi connectivity index (χ4n) is 3.22. The van der Waals surface area contributed by atoms with Gasteiger partial charge >= 0.3 is 5.97 Å². The number of fused-ring (bicyclic) bond motifs is 1. The summed E-state index contributed by atoms with van der Waals surface area (Å²) < 4.78 is 31.1. The highest BCUT2D eigenvalue weighted by Crippen LogP contribution is 2.30. The average Bonchev–Trinajstić information content (AvgIpc) is 3.14. The van der Waals surface area contributed by atoms with Gasteiger partial charge in [-0.05, 0) is 42.9 Å². The summed E-state index contributed by atoms with van der Waals surface area (Å²) in [5, 5.41) is 4.42. The van der Waals surface area contributed by atoms with Crippen molar-refractivity contribution in [2.45, 2.75) is 37.1 Å². The lowest BCUT2D eigenvalue weighted by Gasteiger charge is -2.15. The Balaban J connectivity index is 1.58. The molecule has 156 valence electrons. The summed E-state index contributed by atoms with van der Waals surface area (Å²) >= 11 is 1.57. The van der Waals surface area contributed by atoms with E-state index in [9.17, 15) is 18.0 Å². The number of sulfonamides is 1. The van der Waals surface area contributed by atoms with Crippen molar-refractivity contribution < 1.29 is 22.7 Å². The predicted molar refractivity (Wildman–Crippen MR) is 110 cm³/mol. The minimum absolute atomic E-state index is 0.0213. The highest BCUT2D eigenvalue weighted by molar-refractivity contribution is 7.89. The molecule has 0 radical (unpaired) electrons. The van der Waals surface area contributed by atoms with Crippen molar-refractivity contribution in [3.8, 4) is 0 Å². The Bertz CT molecular complexity index is 1010. The van der Waals surface area contributed by atoms with Crippen LogP contribution in [-0.4, -0.2) is 45.3 Å². The third kappa shape index (κ3) is 4.85. The van der Waals surface area contributed by atoms with Crippen LogP contribution in [0.5, 0.6) is 0 Å². The number of esters is 1. The van der Waals surface area contributed by atoms with Gasteiger partial charge in [-0.3, -0.25) is 4.79 Å². The highest BCUT2D eigenvalue weighted by atomic mass is 32.2. The van der Waals surface area contributed by atoms with Gasteiger partial charge in [0, 0.05) is 30.9 Å². The van der Waals surface area contributed by atoms with Crippen LogP contribution >= 0.6 is 11.3 Å². The summed E-state index contributed by atoms with van der Waals surface area (Å²) in [5.41, 5.74) is 2.07. The van der Waals surface area contributed by atoms with E-state index in [1.54, 1.807) is 34.9 Å². The number of ether oxygens (including phenoxy) is 1. The number of carbonyl (C=O) groups is 2. The molecule has 1 aromatic heterocycles. The molecule has 1 aliphatic rings. The number of carbonyl (C=O) groups excluding carboxylic acids is 2. The fourth-order valence-corrected chi connectivity index (χ4v) is 5.45. The maximum atomic E-state index is 12.4. The molecule has 0 aliphatic heterocycles. The average molecular weight is 437 g/mol. The van der Waals surface area contributed by atoms with Crippen molar-refractivity contribution in [3.63, 3.8) is 0 Å². The molecule has 0 atom stereocenters. The van der Waals surface area contributed by atoms with E-state index in [1.165, 1.54) is 25.0 Å². The second-order valence-electron chi connectivity index (χ2n) is 7.01. The zero-order valence-electron chi connectivity index (χ0n) is 16.4. The Kier molecular flexibility index (Phi) is 6.71. The molecule has 0 fully saturated rings. The predicted octanol–water partition coefficient (Wildman–Crippen LogP) is 2.35. The molecule has 9 heteroatoms. The van der Waals surface area contributed by atoms with Gasteiger partial charge in [0.05, 0.1) is 10.5 Å². The van der Waals surface area contributed by atoms with Gasteiger partial charge in [0.1, 0.15) is 0 Å². The van der Waals surface area contributed by atoms with Crippen LogP contribution in [0.1, 0.15) is 39.2 Å². The topological polar surface area (TPSA) is 92.8 Å². The number of benzene rings is 1. The van der Waals surface area contributed by atoms with Crippen molar-refractivity contribution in [1.82, 2.24) is 9.62 Å². The molecular formula is C20H24N2O5S2. The number of amides is 1. The first-order valence-corrected chi connectivity index (χ1v) is 11.7. The third-order valence-electron chi connectivity index (χ3n) is 4.82. The van der Waals surface area contributed by atoms with Gasteiger partial charge in [-0.25, -0.2) is 17.5 Å². The largest absolute Gasteiger partial charge is 0.452 e. The SMILES string of the molecule is CN(C)S(=O)(=O)c1ccccc1CNC(=O)COC(=O)c1csc2c1CCCC2. The molecule has 1 amide bonds. The second kappa shape index (κ2) is 9.06. The molecule has 1 N–H and O–H groups in total. The normalized spacial score (nSPS) is 13.8. The Morgan fingerprint density at radius 1 is 1.17 bits per heavy atom. The molecule has 1 aliphatic carbocycles. The minimum atomic E-state index is -3.62. The van der Waals surface area contributed by atoms with Gasteiger partial charge in [-0.1, -0.05) is 18.2 Å². The number of nitrogens with zero attached hydrogens (tertiary/aromatic N) is 1. The van der Waals surface area contributed by atoms with E-state index >= 15 is 0 Å². The molecule has 0 spiro atoms. The summed E-state index contributed by atoms with van der Waals surface area (Å²) in [5.74, 6) is -0.977. The molecule has 7 nitrogen and oxygen atoms in total. The lowest BCUT2D eigenvalue weighted by Crippen LogP contribution is -2.30. The molecule has 0 saturated carbocycles. The Morgan fingerprint density at radius 3 is 2.66 bits per heavy atom. The summed E-state index contributed by atoms with van der Waals surface area (Å²) in [6.07, 6.45) is 4.05. The Morgan fingerprint density at radius 2 is 1.90 bits per heavy atom. The molecule has 0 bridgehead atoms. The van der Waals surface area contributed by atoms with E-state index in [1.807, 2.05) is 0 Å². The van der Waals surface area contributed by atoms with Crippen LogP contribution in [0.15, 0.2) is 34.5 Å². The van der Waals surface area contributed by atoms with Crippen LogP contribution < -0.4 is 5.32 Å². The van der Waals surface area contributed by atoms with E-state index in [4.69, 9.17) is 4.74 Å². The number of aryl methyl sites for hydroxylation is 1. The van der Waals surface area contributed by atoms with Crippen molar-refractivity contribution in [3.05, 3.63) is 51.2 Å². The van der Waals surface area contributed by atoms with Gasteiger partial charge in [0.25, 0.3) is 5.91 Å². The quantitative estimate of drug-likeness (QED) is 0.673. The van der Waals surface area contributed by atoms with Crippen LogP contribution in [0.3, 0.4) is 0 Å². The van der Waals surface area contributed by atoms with E-state index in [2.05, 4.69) is 5.32 Å². The van der Waals surface area contributed by atoms with Gasteiger partial charge in [0.15, 0.2) is 6.61 Å². The van der Waals surface area contributed by atoms with Crippen LogP contribution in [0.25, 0.3) is 0 Å². The van der Waals surface area contributed by atoms with Crippen LogP contribution in [0.2, 0.25) is 0 Å². The summed E-state index contributed by atoms with van der Waals surface area (Å²) in [4.78, 5) is 25.8. The van der Waals surface area contributed by atoms with Crippen molar-refractivity contribution in [1.29, 1.82) is 0 Å². The van der Waals surface area contributed by atoms with Crippen LogP contribution in [0, 0.1) is 0 Å². The molecular weight excluding hydrogens is 412 g/mol. The first-order valence-electron chi connectivity index (χ1n) is 9.34. The van der Waals surface area contributed by atoms with Crippen molar-refractivity contribution >= 4 is 33.2 Å². The molecule has 2 aromatic rings. The maximum Gasteiger partial charge on any atom is 0.339 e. The molecule has 1 aromatic carbocycles. The number of hydrogen-bond acceptors (Lipinski definition) is 6. The molecule has 0 unspecified atom stereocenters. The van der Waals surface area contributed by atoms with Gasteiger partial charge < -0.3 is 10.1 Å². The first kappa shape index (κ1) is 21.5. The lowest BCUT2D eigenvalue weighted by atomic mass is 9.96. The van der Waals surface area contributed by atoms with E-state index in [-0.39, 0.29) is 11.4 Å². The van der Waals surface area contributed by atoms with Crippen LogP contribution in [-0.2, 0) is 38.9 Å². The number of hydrogen-bond donors (Lipinski definition) is 1. The lowest BCUT2D eigenvalue weighted by molar-refractivity contribution is -0.124. The Hall–Kier alpha value is -2.23. The fraction of sp³-hybridized carbons (Fsp3) is 0.400. The first-order chi connectivity index (χ1) is 13.8. The van der Waals surface area contributed by atoms with E-state index in [0.717, 1.165) is 35.6 Å². The monoisotopic (exact) mass is 436 g/mol. The van der Waals surface area contributed by atoms with Gasteiger partial charge in [-0.15, -0.1) is 11.3 Å². The van der Waals surface area contributed by atoms with Crippen molar-refractivity contribution in [2.75, 3.05) is 20.7 Å². The molecule has 29 heavy (non-hydrogen) atoms. The molecule has 3 rings (SSSR count). The van der Waals surface area contributed by atoms with E-state index < -0.39 is 28.5 Å². The van der Waals surface area contributed by atoms with Gasteiger partial charge in [-0.2, -0.15) is 0 Å². The van der Waals surface area contributed by atoms with E-state index in [0.29, 0.717) is 11.1 Å². The van der Waals surface area contributed by atoms with Crippen molar-refractivity contribution in [2.24, 2.45) is 0 Å². The smallest absolute Gasteiger partial charge is 0.339 e. The second-order valence-corrected chi connectivity index (χ2v) is 10.1. The number of thiophene rings is 1. The summed E-state index contributed by atoms with van der Waals surface area (Å²) in [7, 11) is -0.718. The molecule has 0 saturated heterocycles. The zero-order chi connectivity index (χ0) is 21.0. The number of rotatable bonds is 7. The third-order valence-corrected chi connectivity index (χ3v) is 7.83. The molecule has 1 heterocycles. The Labute approximate surface area is 174 Å². The van der Waals surface area contributed by atoms with Gasteiger partial charge in [0.2, 0.25) is 10.0 Å². The van der Waals surface area contributed by atoms with Crippen LogP contribution in [0.4, 0.5) is 0 Å².